The quantitative estimate of drug-likeness (QED) is 0.448. The molecule has 1 aliphatic rings. The predicted molar refractivity (Wildman–Crippen MR) is 29.3 cm³/mol. The fraction of sp³-hybridized carbons (Fsp3) is 0. The van der Waals surface area contributed by atoms with Crippen molar-refractivity contribution in [3.05, 3.63) is 18.3 Å². The average molecular weight is 156 g/mol. The number of aromatic nitrogens is 1. The molecule has 0 aliphatic carbocycles. The summed E-state index contributed by atoms with van der Waals surface area (Å²) in [5.41, 5.74) is 0. The van der Waals surface area contributed by atoms with Crippen LogP contribution in [0.5, 0.6) is 0 Å². The van der Waals surface area contributed by atoms with Gasteiger partial charge < -0.3 is 0 Å². The summed E-state index contributed by atoms with van der Waals surface area (Å²) in [5, 5.41) is 0. The molecule has 0 spiro atoms. The van der Waals surface area contributed by atoms with Crippen molar-refractivity contribution in [2.24, 2.45) is 0 Å². The molecule has 0 radical (unpaired) electrons. The first-order valence-electron chi connectivity index (χ1n) is 2.10. The number of fused-ring (bicyclic) bond motifs is 1. The molecule has 34 valence electrons. The topological polar surface area (TPSA) is 12.9 Å². The number of hydrogen-bond acceptors (Lipinski definition) is 1. The van der Waals surface area contributed by atoms with E-state index in [1.165, 1.54) is 9.05 Å². The molecule has 0 amide bonds. The van der Waals surface area contributed by atoms with Crippen LogP contribution in [0.1, 0.15) is 0 Å². The second-order valence-corrected chi connectivity index (χ2v) is 3.57. The van der Waals surface area contributed by atoms with Crippen molar-refractivity contribution in [3.8, 4) is 0 Å². The van der Waals surface area contributed by atoms with E-state index in [9.17, 15) is 0 Å². The first-order valence-corrected chi connectivity index (χ1v) is 3.81. The summed E-state index contributed by atoms with van der Waals surface area (Å²) in [6.45, 7) is 0. The van der Waals surface area contributed by atoms with Crippen LogP contribution in [0, 0.1) is 0 Å². The van der Waals surface area contributed by atoms with E-state index in [1.807, 2.05) is 12.3 Å². The molecule has 2 heteroatoms. The fourth-order valence-electron chi connectivity index (χ4n) is 0.515. The van der Waals surface area contributed by atoms with Gasteiger partial charge in [-0.15, -0.1) is 0 Å². The summed E-state index contributed by atoms with van der Waals surface area (Å²) >= 11 is 0.670. The monoisotopic (exact) mass is 157 g/mol. The zero-order valence-electron chi connectivity index (χ0n) is 3.59. The summed E-state index contributed by atoms with van der Waals surface area (Å²) in [6, 6.07) is 4.13. The van der Waals surface area contributed by atoms with Gasteiger partial charge >= 0.3 is 47.3 Å². The van der Waals surface area contributed by atoms with Crippen LogP contribution in [0.25, 0.3) is 0 Å². The summed E-state index contributed by atoms with van der Waals surface area (Å²) in [6.07, 6.45) is 1.85. The molecule has 2 heterocycles. The van der Waals surface area contributed by atoms with E-state index in [1.54, 1.807) is 0 Å². The Morgan fingerprint density at radius 3 is 3.14 bits per heavy atom. The Hall–Kier alpha value is -0.331. The van der Waals surface area contributed by atoms with Crippen molar-refractivity contribution in [2.75, 3.05) is 0 Å². The first-order chi connectivity index (χ1) is 3.47. The van der Waals surface area contributed by atoms with Crippen LogP contribution < -0.4 is 9.05 Å². The predicted octanol–water partition coefficient (Wildman–Crippen LogP) is -0.950. The third kappa shape index (κ3) is 0.476. The molecule has 0 bridgehead atoms. The van der Waals surface area contributed by atoms with Crippen molar-refractivity contribution < 1.29 is 0 Å². The molecule has 2 rings (SSSR count). The SMILES string of the molecule is c1cnc2c(c1)[Se]2. The second-order valence-electron chi connectivity index (χ2n) is 1.41. The third-order valence-corrected chi connectivity index (χ3v) is 2.71. The molecule has 0 N–H and O–H groups in total. The molecule has 0 atom stereocenters. The molecule has 0 unspecified atom stereocenters. The van der Waals surface area contributed by atoms with Gasteiger partial charge in [0.25, 0.3) is 0 Å². The Balaban J connectivity index is 2.73. The maximum atomic E-state index is 4.10. The van der Waals surface area contributed by atoms with Crippen molar-refractivity contribution in [2.45, 2.75) is 0 Å². The Bertz CT molecular complexity index is 176. The Morgan fingerprint density at radius 1 is 1.57 bits per heavy atom. The molecular weight excluding hydrogens is 153 g/mol. The van der Waals surface area contributed by atoms with Gasteiger partial charge in [-0.2, -0.15) is 0 Å². The normalized spacial score (nSPS) is 13.1. The number of nitrogens with zero attached hydrogens (tertiary/aromatic N) is 1. The van der Waals surface area contributed by atoms with Crippen LogP contribution in [0.15, 0.2) is 18.3 Å². The van der Waals surface area contributed by atoms with E-state index in [0.717, 1.165) is 0 Å². The van der Waals surface area contributed by atoms with Crippen LogP contribution in [0.4, 0.5) is 0 Å². The van der Waals surface area contributed by atoms with Crippen LogP contribution in [0.3, 0.4) is 0 Å². The van der Waals surface area contributed by atoms with Gasteiger partial charge in [-0.3, -0.25) is 0 Å². The summed E-state index contributed by atoms with van der Waals surface area (Å²) in [5.74, 6) is 0. The molecule has 7 heavy (non-hydrogen) atoms. The number of rotatable bonds is 0. The van der Waals surface area contributed by atoms with E-state index in [2.05, 4.69) is 11.1 Å². The van der Waals surface area contributed by atoms with Crippen molar-refractivity contribution >= 4 is 24.0 Å². The fourth-order valence-corrected chi connectivity index (χ4v) is 1.64. The summed E-state index contributed by atoms with van der Waals surface area (Å²) in [7, 11) is 0. The molecule has 1 aliphatic heterocycles. The van der Waals surface area contributed by atoms with Crippen LogP contribution in [0.2, 0.25) is 0 Å². The van der Waals surface area contributed by atoms with E-state index < -0.39 is 0 Å². The Labute approximate surface area is 47.9 Å². The van der Waals surface area contributed by atoms with E-state index in [0.29, 0.717) is 15.0 Å². The van der Waals surface area contributed by atoms with Gasteiger partial charge in [-0.25, -0.2) is 0 Å². The molecule has 0 aromatic carbocycles. The van der Waals surface area contributed by atoms with Crippen LogP contribution in [-0.4, -0.2) is 19.9 Å². The van der Waals surface area contributed by atoms with Crippen LogP contribution in [-0.2, 0) is 0 Å². The van der Waals surface area contributed by atoms with Gasteiger partial charge in [0.2, 0.25) is 0 Å². The standard InChI is InChI=1S/C5H3NSe/c1-2-4-5(7-4)6-3-1/h1-3H. The molecule has 0 fully saturated rings. The van der Waals surface area contributed by atoms with E-state index in [-0.39, 0.29) is 0 Å². The maximum absolute atomic E-state index is 4.10. The van der Waals surface area contributed by atoms with Crippen molar-refractivity contribution in [1.82, 2.24) is 4.98 Å². The van der Waals surface area contributed by atoms with E-state index >= 15 is 0 Å². The van der Waals surface area contributed by atoms with E-state index in [4.69, 9.17) is 0 Å². The molecule has 1 aromatic heterocycles. The molecular formula is C5H3NSe. The van der Waals surface area contributed by atoms with Gasteiger partial charge in [0.15, 0.2) is 0 Å². The average Bonchev–Trinajstić information content (AvgIpc) is 2.41. The van der Waals surface area contributed by atoms with Gasteiger partial charge in [0, 0.05) is 0 Å². The van der Waals surface area contributed by atoms with Crippen molar-refractivity contribution in [1.29, 1.82) is 0 Å². The summed E-state index contributed by atoms with van der Waals surface area (Å²) in [4.78, 5) is 4.10. The number of hydrogen-bond donors (Lipinski definition) is 0. The minimum absolute atomic E-state index is 0.670. The molecule has 1 nitrogen and oxygen atoms in total. The van der Waals surface area contributed by atoms with Crippen molar-refractivity contribution in [3.63, 3.8) is 0 Å². The molecule has 0 saturated heterocycles. The van der Waals surface area contributed by atoms with Gasteiger partial charge in [0.05, 0.1) is 0 Å². The molecule has 1 aromatic rings. The molecule has 0 saturated carbocycles. The number of pyridine rings is 1. The third-order valence-electron chi connectivity index (χ3n) is 0.901. The first kappa shape index (κ1) is 3.64. The van der Waals surface area contributed by atoms with Gasteiger partial charge in [0.1, 0.15) is 0 Å². The summed E-state index contributed by atoms with van der Waals surface area (Å²) < 4.78 is 2.82. The zero-order chi connectivity index (χ0) is 4.69. The Kier molecular flexibility index (Phi) is 0.565. The second kappa shape index (κ2) is 1.09. The Morgan fingerprint density at radius 2 is 2.57 bits per heavy atom. The zero-order valence-corrected chi connectivity index (χ0v) is 5.30. The van der Waals surface area contributed by atoms with Crippen LogP contribution >= 0.6 is 0 Å². The van der Waals surface area contributed by atoms with Gasteiger partial charge in [-0.05, 0) is 0 Å². The minimum atomic E-state index is 0.670. The van der Waals surface area contributed by atoms with Gasteiger partial charge in [-0.1, -0.05) is 0 Å².